The van der Waals surface area contributed by atoms with Gasteiger partial charge < -0.3 is 11.1 Å². The Morgan fingerprint density at radius 2 is 2.08 bits per heavy atom. The van der Waals surface area contributed by atoms with Gasteiger partial charge in [0.25, 0.3) is 5.91 Å². The molecule has 1 unspecified atom stereocenters. The molecule has 0 radical (unpaired) electrons. The number of amides is 1. The summed E-state index contributed by atoms with van der Waals surface area (Å²) in [5, 5.41) is 8.82. The first-order chi connectivity index (χ1) is 12.0. The predicted octanol–water partition coefficient (Wildman–Crippen LogP) is 3.67. The van der Waals surface area contributed by atoms with Crippen molar-refractivity contribution in [3.63, 3.8) is 0 Å². The second kappa shape index (κ2) is 7.02. The number of halogens is 1. The summed E-state index contributed by atoms with van der Waals surface area (Å²) in [7, 11) is 0. The van der Waals surface area contributed by atoms with Crippen molar-refractivity contribution in [3.05, 3.63) is 47.0 Å². The first kappa shape index (κ1) is 18.9. The van der Waals surface area contributed by atoms with Crippen molar-refractivity contribution in [1.29, 1.82) is 0 Å². The van der Waals surface area contributed by atoms with Crippen LogP contribution in [0.15, 0.2) is 36.4 Å². The summed E-state index contributed by atoms with van der Waals surface area (Å²) >= 11 is 1.48. The average molecular weight is 391 g/mol. The highest BCUT2D eigenvalue weighted by Crippen LogP contribution is 2.39. The fourth-order valence-electron chi connectivity index (χ4n) is 3.26. The van der Waals surface area contributed by atoms with E-state index in [9.17, 15) is 4.79 Å². The van der Waals surface area contributed by atoms with Crippen LogP contribution in [0, 0.1) is 12.8 Å². The molecule has 0 bridgehead atoms. The minimum Gasteiger partial charge on any atom is -0.345 e. The van der Waals surface area contributed by atoms with Gasteiger partial charge >= 0.3 is 0 Å². The molecule has 1 saturated carbocycles. The molecule has 7 heteroatoms. The summed E-state index contributed by atoms with van der Waals surface area (Å²) in [5.41, 5.74) is 7.54. The molecule has 0 aliphatic heterocycles. The molecule has 3 N–H and O–H groups in total. The first-order valence-electron chi connectivity index (χ1n) is 8.59. The number of nitrogens with one attached hydrogen (secondary N) is 1. The van der Waals surface area contributed by atoms with Crippen molar-refractivity contribution in [2.75, 3.05) is 6.54 Å². The number of nitrogens with zero attached hydrogens (tertiary/aromatic N) is 2. The summed E-state index contributed by atoms with van der Waals surface area (Å²) in [5.74, 6) is 0.456. The van der Waals surface area contributed by atoms with Crippen LogP contribution in [0.3, 0.4) is 0 Å². The maximum Gasteiger partial charge on any atom is 0.261 e. The van der Waals surface area contributed by atoms with Crippen molar-refractivity contribution < 1.29 is 4.79 Å². The first-order valence-corrected chi connectivity index (χ1v) is 9.40. The summed E-state index contributed by atoms with van der Waals surface area (Å²) in [6.45, 7) is 4.49. The number of hydrogen-bond acceptors (Lipinski definition) is 4. The molecule has 26 heavy (non-hydrogen) atoms. The topological polar surface area (TPSA) is 72.9 Å². The van der Waals surface area contributed by atoms with Gasteiger partial charge in [0.15, 0.2) is 0 Å². The Labute approximate surface area is 163 Å². The standard InChI is InChI=1S/C19H22N4OS.ClH/c1-12-15-10-16(17(24)21-19(2,11-20)13-8-9-13)25-18(15)23(22-12)14-6-4-3-5-7-14;/h3-7,10,13H,8-9,11,20H2,1-2H3,(H,21,24);1H. The predicted molar refractivity (Wildman–Crippen MR) is 109 cm³/mol. The number of aromatic nitrogens is 2. The van der Waals surface area contributed by atoms with E-state index < -0.39 is 0 Å². The van der Waals surface area contributed by atoms with Gasteiger partial charge in [-0.25, -0.2) is 4.68 Å². The Bertz CT molecular complexity index is 932. The van der Waals surface area contributed by atoms with Gasteiger partial charge in [-0.3, -0.25) is 4.79 Å². The normalized spacial score (nSPS) is 16.1. The lowest BCUT2D eigenvalue weighted by Gasteiger charge is -2.29. The Kier molecular flexibility index (Phi) is 5.10. The lowest BCUT2D eigenvalue weighted by atomic mass is 9.96. The minimum atomic E-state index is -0.312. The van der Waals surface area contributed by atoms with Crippen molar-refractivity contribution in [2.45, 2.75) is 32.2 Å². The molecule has 3 aromatic rings. The monoisotopic (exact) mass is 390 g/mol. The van der Waals surface area contributed by atoms with Gasteiger partial charge in [0.1, 0.15) is 4.83 Å². The van der Waals surface area contributed by atoms with E-state index in [-0.39, 0.29) is 23.9 Å². The molecule has 4 rings (SSSR count). The van der Waals surface area contributed by atoms with Crippen LogP contribution >= 0.6 is 23.7 Å². The fourth-order valence-corrected chi connectivity index (χ4v) is 4.34. The van der Waals surface area contributed by atoms with Crippen molar-refractivity contribution >= 4 is 39.9 Å². The van der Waals surface area contributed by atoms with Gasteiger partial charge in [-0.05, 0) is 50.8 Å². The fraction of sp³-hybridized carbons (Fsp3) is 0.368. The Hall–Kier alpha value is -1.89. The van der Waals surface area contributed by atoms with E-state index in [1.54, 1.807) is 0 Å². The number of thiophene rings is 1. The molecule has 1 aliphatic rings. The maximum absolute atomic E-state index is 12.8. The van der Waals surface area contributed by atoms with Crippen LogP contribution < -0.4 is 11.1 Å². The summed E-state index contributed by atoms with van der Waals surface area (Å²) in [6, 6.07) is 11.9. The highest BCUT2D eigenvalue weighted by molar-refractivity contribution is 7.20. The largest absolute Gasteiger partial charge is 0.345 e. The zero-order chi connectivity index (χ0) is 17.6. The molecule has 1 atom stereocenters. The lowest BCUT2D eigenvalue weighted by molar-refractivity contribution is 0.0902. The molecule has 1 aliphatic carbocycles. The Morgan fingerprint density at radius 3 is 2.69 bits per heavy atom. The SMILES string of the molecule is Cc1nn(-c2ccccc2)c2sc(C(=O)NC(C)(CN)C3CC3)cc12.Cl. The number of hydrogen-bond donors (Lipinski definition) is 2. The Morgan fingerprint density at radius 1 is 1.38 bits per heavy atom. The quantitative estimate of drug-likeness (QED) is 0.698. The number of fused-ring (bicyclic) bond motifs is 1. The third kappa shape index (κ3) is 3.24. The number of benzene rings is 1. The molecule has 138 valence electrons. The lowest BCUT2D eigenvalue weighted by Crippen LogP contribution is -2.53. The third-order valence-corrected chi connectivity index (χ3v) is 6.18. The van der Waals surface area contributed by atoms with Gasteiger partial charge in [0.2, 0.25) is 0 Å². The van der Waals surface area contributed by atoms with Crippen molar-refractivity contribution in [1.82, 2.24) is 15.1 Å². The average Bonchev–Trinajstić information content (AvgIpc) is 3.32. The van der Waals surface area contributed by atoms with E-state index in [0.717, 1.165) is 34.4 Å². The second-order valence-electron chi connectivity index (χ2n) is 7.01. The number of aryl methyl sites for hydroxylation is 1. The summed E-state index contributed by atoms with van der Waals surface area (Å²) < 4.78 is 1.91. The molecule has 5 nitrogen and oxygen atoms in total. The van der Waals surface area contributed by atoms with Crippen LogP contribution in [0.2, 0.25) is 0 Å². The number of carbonyl (C=O) groups excluding carboxylic acids is 1. The third-order valence-electron chi connectivity index (χ3n) is 5.07. The van der Waals surface area contributed by atoms with Crippen LogP contribution in [0.4, 0.5) is 0 Å². The van der Waals surface area contributed by atoms with E-state index in [1.165, 1.54) is 11.3 Å². The maximum atomic E-state index is 12.8. The van der Waals surface area contributed by atoms with Crippen molar-refractivity contribution in [3.8, 4) is 5.69 Å². The van der Waals surface area contributed by atoms with E-state index in [2.05, 4.69) is 10.4 Å². The second-order valence-corrected chi connectivity index (χ2v) is 8.04. The van der Waals surface area contributed by atoms with Crippen LogP contribution in [-0.2, 0) is 0 Å². The van der Waals surface area contributed by atoms with E-state index >= 15 is 0 Å². The highest BCUT2D eigenvalue weighted by atomic mass is 35.5. The number of rotatable bonds is 5. The van der Waals surface area contributed by atoms with Gasteiger partial charge in [0, 0.05) is 11.9 Å². The highest BCUT2D eigenvalue weighted by Gasteiger charge is 2.41. The van der Waals surface area contributed by atoms with Crippen LogP contribution in [0.1, 0.15) is 35.1 Å². The van der Waals surface area contributed by atoms with Gasteiger partial charge in [0.05, 0.1) is 21.8 Å². The Balaban J connectivity index is 0.00000196. The zero-order valence-electron chi connectivity index (χ0n) is 14.9. The number of nitrogens with two attached hydrogens (primary N) is 1. The van der Waals surface area contributed by atoms with Gasteiger partial charge in [-0.15, -0.1) is 23.7 Å². The molecule has 1 fully saturated rings. The van der Waals surface area contributed by atoms with E-state index in [4.69, 9.17) is 5.73 Å². The van der Waals surface area contributed by atoms with E-state index in [0.29, 0.717) is 17.3 Å². The van der Waals surface area contributed by atoms with Crippen LogP contribution in [-0.4, -0.2) is 27.8 Å². The van der Waals surface area contributed by atoms with Crippen molar-refractivity contribution in [2.24, 2.45) is 11.7 Å². The molecular formula is C19H23ClN4OS. The number of para-hydroxylation sites is 1. The molecule has 2 aromatic heterocycles. The summed E-state index contributed by atoms with van der Waals surface area (Å²) in [4.78, 5) is 14.5. The van der Waals surface area contributed by atoms with Gasteiger partial charge in [-0.2, -0.15) is 5.10 Å². The van der Waals surface area contributed by atoms with Crippen LogP contribution in [0.5, 0.6) is 0 Å². The van der Waals surface area contributed by atoms with Gasteiger partial charge in [-0.1, -0.05) is 18.2 Å². The molecule has 0 spiro atoms. The van der Waals surface area contributed by atoms with Crippen LogP contribution in [0.25, 0.3) is 15.9 Å². The zero-order valence-corrected chi connectivity index (χ0v) is 16.5. The molecule has 0 saturated heterocycles. The molecule has 1 amide bonds. The number of carbonyl (C=O) groups is 1. The minimum absolute atomic E-state index is 0. The molecular weight excluding hydrogens is 368 g/mol. The smallest absolute Gasteiger partial charge is 0.261 e. The summed E-state index contributed by atoms with van der Waals surface area (Å²) in [6.07, 6.45) is 2.28. The molecule has 1 aromatic carbocycles. The van der Waals surface area contributed by atoms with E-state index in [1.807, 2.05) is 54.9 Å². The molecule has 2 heterocycles.